The van der Waals surface area contributed by atoms with Gasteiger partial charge in [-0.2, -0.15) is 0 Å². The highest BCUT2D eigenvalue weighted by molar-refractivity contribution is 5.81. The zero-order valence-corrected chi connectivity index (χ0v) is 10.3. The minimum Gasteiger partial charge on any atom is -0.507 e. The Kier molecular flexibility index (Phi) is 2.68. The predicted octanol–water partition coefficient (Wildman–Crippen LogP) is 3.69. The van der Waals surface area contributed by atoms with Gasteiger partial charge in [-0.3, -0.25) is 0 Å². The second kappa shape index (κ2) is 4.38. The summed E-state index contributed by atoms with van der Waals surface area (Å²) in [5.74, 6) is -0.931. The van der Waals surface area contributed by atoms with Crippen LogP contribution < -0.4 is 0 Å². The Morgan fingerprint density at radius 1 is 1.15 bits per heavy atom. The standard InChI is InChI=1S/C15H10FNO3/c1-2-8-6-14-11(7-13(8)19)17-15(20-14)9-3-4-12(18)10(16)5-9/h2-7,18-19H,1H2. The average molecular weight is 271 g/mol. The molecule has 20 heavy (non-hydrogen) atoms. The monoisotopic (exact) mass is 271 g/mol. The fourth-order valence-corrected chi connectivity index (χ4v) is 1.91. The maximum atomic E-state index is 13.3. The van der Waals surface area contributed by atoms with Crippen LogP contribution in [0.1, 0.15) is 5.56 Å². The fraction of sp³-hybridized carbons (Fsp3) is 0. The minimum absolute atomic E-state index is 0.0456. The van der Waals surface area contributed by atoms with E-state index in [2.05, 4.69) is 11.6 Å². The summed E-state index contributed by atoms with van der Waals surface area (Å²) in [5.41, 5.74) is 1.84. The Labute approximate surface area is 113 Å². The van der Waals surface area contributed by atoms with E-state index in [1.165, 1.54) is 24.3 Å². The maximum Gasteiger partial charge on any atom is 0.227 e. The molecule has 0 aliphatic carbocycles. The van der Waals surface area contributed by atoms with Crippen LogP contribution in [0.4, 0.5) is 4.39 Å². The van der Waals surface area contributed by atoms with Crippen molar-refractivity contribution in [2.75, 3.05) is 0 Å². The van der Waals surface area contributed by atoms with Gasteiger partial charge in [-0.25, -0.2) is 9.37 Å². The molecular formula is C15H10FNO3. The van der Waals surface area contributed by atoms with Gasteiger partial charge >= 0.3 is 0 Å². The summed E-state index contributed by atoms with van der Waals surface area (Å²) in [7, 11) is 0. The Morgan fingerprint density at radius 2 is 1.95 bits per heavy atom. The lowest BCUT2D eigenvalue weighted by molar-refractivity contribution is 0.432. The first-order valence-electron chi connectivity index (χ1n) is 5.83. The van der Waals surface area contributed by atoms with E-state index in [1.807, 2.05) is 0 Å². The van der Waals surface area contributed by atoms with Gasteiger partial charge in [0.25, 0.3) is 0 Å². The molecular weight excluding hydrogens is 261 g/mol. The first kappa shape index (κ1) is 12.2. The molecule has 0 aliphatic heterocycles. The molecule has 0 saturated heterocycles. The Balaban J connectivity index is 2.17. The third kappa shape index (κ3) is 1.89. The molecule has 0 radical (unpaired) electrons. The van der Waals surface area contributed by atoms with Crippen molar-refractivity contribution in [2.24, 2.45) is 0 Å². The topological polar surface area (TPSA) is 66.5 Å². The molecule has 3 rings (SSSR count). The first-order chi connectivity index (χ1) is 9.58. The number of aromatic nitrogens is 1. The van der Waals surface area contributed by atoms with Crippen molar-refractivity contribution in [3.8, 4) is 23.0 Å². The van der Waals surface area contributed by atoms with E-state index in [0.717, 1.165) is 6.07 Å². The molecule has 0 spiro atoms. The van der Waals surface area contributed by atoms with Crippen molar-refractivity contribution >= 4 is 17.2 Å². The molecule has 0 amide bonds. The average Bonchev–Trinajstić information content (AvgIpc) is 2.83. The highest BCUT2D eigenvalue weighted by Crippen LogP contribution is 2.31. The molecule has 4 nitrogen and oxygen atoms in total. The lowest BCUT2D eigenvalue weighted by Gasteiger charge is -1.97. The van der Waals surface area contributed by atoms with E-state index in [9.17, 15) is 9.50 Å². The maximum absolute atomic E-state index is 13.3. The largest absolute Gasteiger partial charge is 0.507 e. The van der Waals surface area contributed by atoms with Crippen molar-refractivity contribution in [2.45, 2.75) is 0 Å². The van der Waals surface area contributed by atoms with Gasteiger partial charge in [0.15, 0.2) is 17.1 Å². The molecule has 1 aromatic heterocycles. The molecule has 0 bridgehead atoms. The van der Waals surface area contributed by atoms with Gasteiger partial charge in [-0.15, -0.1) is 0 Å². The smallest absolute Gasteiger partial charge is 0.227 e. The SMILES string of the molecule is C=Cc1cc2oc(-c3ccc(O)c(F)c3)nc2cc1O. The van der Waals surface area contributed by atoms with Gasteiger partial charge in [-0.1, -0.05) is 12.7 Å². The number of hydrogen-bond donors (Lipinski definition) is 2. The molecule has 0 fully saturated rings. The van der Waals surface area contributed by atoms with Crippen LogP contribution in [0.25, 0.3) is 28.6 Å². The summed E-state index contributed by atoms with van der Waals surface area (Å²) in [6, 6.07) is 6.92. The van der Waals surface area contributed by atoms with Crippen LogP contribution in [0.5, 0.6) is 11.5 Å². The molecule has 0 atom stereocenters. The lowest BCUT2D eigenvalue weighted by atomic mass is 10.2. The van der Waals surface area contributed by atoms with Crippen LogP contribution in [0.3, 0.4) is 0 Å². The number of oxazole rings is 1. The number of aromatic hydroxyl groups is 2. The quantitative estimate of drug-likeness (QED) is 0.746. The Bertz CT molecular complexity index is 823. The Hall–Kier alpha value is -2.82. The van der Waals surface area contributed by atoms with Crippen molar-refractivity contribution < 1.29 is 19.0 Å². The van der Waals surface area contributed by atoms with Gasteiger partial charge in [-0.05, 0) is 24.3 Å². The van der Waals surface area contributed by atoms with Gasteiger partial charge in [0.2, 0.25) is 5.89 Å². The number of phenols is 2. The van der Waals surface area contributed by atoms with Crippen LogP contribution in [0.2, 0.25) is 0 Å². The van der Waals surface area contributed by atoms with E-state index in [1.54, 1.807) is 6.07 Å². The van der Waals surface area contributed by atoms with E-state index in [0.29, 0.717) is 22.2 Å². The third-order valence-electron chi connectivity index (χ3n) is 2.95. The van der Waals surface area contributed by atoms with Crippen LogP contribution >= 0.6 is 0 Å². The number of fused-ring (bicyclic) bond motifs is 1. The minimum atomic E-state index is -0.751. The highest BCUT2D eigenvalue weighted by atomic mass is 19.1. The second-order valence-electron chi connectivity index (χ2n) is 4.27. The fourth-order valence-electron chi connectivity index (χ4n) is 1.91. The molecule has 100 valence electrons. The summed E-state index contributed by atoms with van der Waals surface area (Å²) in [5, 5.41) is 18.9. The number of nitrogens with zero attached hydrogens (tertiary/aromatic N) is 1. The van der Waals surface area contributed by atoms with Crippen molar-refractivity contribution in [3.63, 3.8) is 0 Å². The molecule has 5 heteroatoms. The van der Waals surface area contributed by atoms with Gasteiger partial charge in [0.1, 0.15) is 11.3 Å². The lowest BCUT2D eigenvalue weighted by Crippen LogP contribution is -1.80. The van der Waals surface area contributed by atoms with E-state index in [-0.39, 0.29) is 11.6 Å². The first-order valence-corrected chi connectivity index (χ1v) is 5.83. The number of halogens is 1. The molecule has 0 aliphatic rings. The number of benzene rings is 2. The summed E-state index contributed by atoms with van der Waals surface area (Å²) in [6.07, 6.45) is 1.50. The van der Waals surface area contributed by atoms with E-state index >= 15 is 0 Å². The number of rotatable bonds is 2. The molecule has 2 N–H and O–H groups in total. The zero-order valence-electron chi connectivity index (χ0n) is 10.3. The normalized spacial score (nSPS) is 10.8. The third-order valence-corrected chi connectivity index (χ3v) is 2.95. The van der Waals surface area contributed by atoms with Crippen LogP contribution in [-0.4, -0.2) is 15.2 Å². The predicted molar refractivity (Wildman–Crippen MR) is 72.8 cm³/mol. The van der Waals surface area contributed by atoms with Crippen molar-refractivity contribution in [1.82, 2.24) is 4.98 Å². The summed E-state index contributed by atoms with van der Waals surface area (Å²) >= 11 is 0. The molecule has 2 aromatic carbocycles. The van der Waals surface area contributed by atoms with E-state index in [4.69, 9.17) is 9.52 Å². The number of phenolic OH excluding ortho intramolecular Hbond substituents is 2. The van der Waals surface area contributed by atoms with Crippen LogP contribution in [-0.2, 0) is 0 Å². The van der Waals surface area contributed by atoms with Crippen molar-refractivity contribution in [1.29, 1.82) is 0 Å². The Morgan fingerprint density at radius 3 is 2.65 bits per heavy atom. The van der Waals surface area contributed by atoms with Gasteiger partial charge in [0.05, 0.1) is 0 Å². The summed E-state index contributed by atoms with van der Waals surface area (Å²) in [6.45, 7) is 3.59. The number of hydrogen-bond acceptors (Lipinski definition) is 4. The molecule has 0 saturated carbocycles. The highest BCUT2D eigenvalue weighted by Gasteiger charge is 2.12. The second-order valence-corrected chi connectivity index (χ2v) is 4.27. The zero-order chi connectivity index (χ0) is 14.3. The van der Waals surface area contributed by atoms with E-state index < -0.39 is 11.6 Å². The summed E-state index contributed by atoms with van der Waals surface area (Å²) < 4.78 is 18.9. The molecule has 3 aromatic rings. The summed E-state index contributed by atoms with van der Waals surface area (Å²) in [4.78, 5) is 4.18. The van der Waals surface area contributed by atoms with Crippen LogP contribution in [0.15, 0.2) is 41.3 Å². The van der Waals surface area contributed by atoms with Crippen molar-refractivity contribution in [3.05, 3.63) is 48.3 Å². The molecule has 0 unspecified atom stereocenters. The van der Waals surface area contributed by atoms with Gasteiger partial charge < -0.3 is 14.6 Å². The molecule has 1 heterocycles. The van der Waals surface area contributed by atoms with Crippen LogP contribution in [0, 0.1) is 5.82 Å². The van der Waals surface area contributed by atoms with Gasteiger partial charge in [0, 0.05) is 17.2 Å².